The molecule has 0 N–H and O–H groups in total. The van der Waals surface area contributed by atoms with Crippen molar-refractivity contribution in [1.82, 2.24) is 4.98 Å². The number of pyridine rings is 1. The summed E-state index contributed by atoms with van der Waals surface area (Å²) < 4.78 is 31.0. The zero-order valence-corrected chi connectivity index (χ0v) is 12.7. The largest absolute Gasteiger partial charge is 0.466 e. The molecule has 100 valence electrons. The fourth-order valence-corrected chi connectivity index (χ4v) is 2.93. The minimum atomic E-state index is -2.67. The van der Waals surface area contributed by atoms with E-state index in [2.05, 4.69) is 36.8 Å². The van der Waals surface area contributed by atoms with Crippen LogP contribution in [-0.4, -0.2) is 17.6 Å². The number of alkyl halides is 3. The third-order valence-electron chi connectivity index (χ3n) is 2.27. The summed E-state index contributed by atoms with van der Waals surface area (Å²) in [5.41, 5.74) is 0.573. The predicted octanol–water partition coefficient (Wildman–Crippen LogP) is 3.78. The van der Waals surface area contributed by atoms with Crippen LogP contribution in [0.25, 0.3) is 0 Å². The van der Waals surface area contributed by atoms with Crippen molar-refractivity contribution in [3.8, 4) is 0 Å². The molecule has 0 saturated carbocycles. The molecular weight excluding hydrogens is 376 g/mol. The highest BCUT2D eigenvalue weighted by Gasteiger charge is 2.21. The first-order valence-corrected chi connectivity index (χ1v) is 7.08. The summed E-state index contributed by atoms with van der Waals surface area (Å²) in [6.07, 6.45) is -1.78. The highest BCUT2D eigenvalue weighted by atomic mass is 79.9. The van der Waals surface area contributed by atoms with Gasteiger partial charge < -0.3 is 4.74 Å². The monoisotopic (exact) mass is 385 g/mol. The van der Waals surface area contributed by atoms with Crippen molar-refractivity contribution in [2.24, 2.45) is 0 Å². The van der Waals surface area contributed by atoms with Crippen LogP contribution >= 0.6 is 31.9 Å². The van der Waals surface area contributed by atoms with Crippen molar-refractivity contribution < 1.29 is 18.3 Å². The molecule has 0 aliphatic carbocycles. The van der Waals surface area contributed by atoms with Gasteiger partial charge in [-0.25, -0.2) is 13.8 Å². The van der Waals surface area contributed by atoms with Crippen LogP contribution in [0.4, 0.5) is 8.78 Å². The lowest BCUT2D eigenvalue weighted by molar-refractivity contribution is -0.142. The number of carbonyl (C=O) groups is 1. The zero-order chi connectivity index (χ0) is 13.7. The van der Waals surface area contributed by atoms with Crippen molar-refractivity contribution in [2.45, 2.75) is 25.1 Å². The lowest BCUT2D eigenvalue weighted by Crippen LogP contribution is -2.12. The second-order valence-electron chi connectivity index (χ2n) is 3.38. The van der Waals surface area contributed by atoms with Gasteiger partial charge in [-0.2, -0.15) is 0 Å². The van der Waals surface area contributed by atoms with Gasteiger partial charge in [-0.05, 0) is 34.0 Å². The van der Waals surface area contributed by atoms with Crippen LogP contribution in [0.5, 0.6) is 0 Å². The van der Waals surface area contributed by atoms with Gasteiger partial charge in [0.1, 0.15) is 4.60 Å². The van der Waals surface area contributed by atoms with Crippen molar-refractivity contribution >= 4 is 37.8 Å². The number of hydrogen-bond acceptors (Lipinski definition) is 3. The molecule has 0 bridgehead atoms. The molecule has 0 unspecified atom stereocenters. The smallest absolute Gasteiger partial charge is 0.310 e. The van der Waals surface area contributed by atoms with Crippen LogP contribution in [0.1, 0.15) is 30.0 Å². The normalized spacial score (nSPS) is 10.8. The van der Waals surface area contributed by atoms with E-state index in [1.165, 1.54) is 0 Å². The Morgan fingerprint density at radius 2 is 2.17 bits per heavy atom. The topological polar surface area (TPSA) is 39.2 Å². The molecule has 1 aromatic heterocycles. The van der Waals surface area contributed by atoms with Crippen LogP contribution in [0.15, 0.2) is 10.8 Å². The molecular formula is C11H11Br2F2NO2. The fraction of sp³-hybridized carbons (Fsp3) is 0.455. The molecule has 0 aromatic carbocycles. The zero-order valence-electron chi connectivity index (χ0n) is 9.55. The van der Waals surface area contributed by atoms with E-state index in [9.17, 15) is 13.6 Å². The van der Waals surface area contributed by atoms with E-state index in [0.717, 1.165) is 6.20 Å². The summed E-state index contributed by atoms with van der Waals surface area (Å²) >= 11 is 6.39. The Morgan fingerprint density at radius 1 is 1.50 bits per heavy atom. The Bertz CT molecular complexity index is 441. The maximum absolute atomic E-state index is 12.9. The van der Waals surface area contributed by atoms with Gasteiger partial charge >= 0.3 is 5.97 Å². The first kappa shape index (κ1) is 15.5. The molecule has 1 aromatic rings. The van der Waals surface area contributed by atoms with Crippen LogP contribution in [0, 0.1) is 0 Å². The summed E-state index contributed by atoms with van der Waals surface area (Å²) in [7, 11) is 0. The van der Waals surface area contributed by atoms with Gasteiger partial charge in [0.15, 0.2) is 0 Å². The molecule has 0 radical (unpaired) electrons. The first-order chi connectivity index (χ1) is 8.51. The van der Waals surface area contributed by atoms with Crippen LogP contribution in [-0.2, 0) is 21.3 Å². The van der Waals surface area contributed by atoms with Crippen LogP contribution in [0.3, 0.4) is 0 Å². The SMILES string of the molecule is CCOC(=O)Cc1c(C(F)F)cnc(Br)c1CBr. The van der Waals surface area contributed by atoms with Gasteiger partial charge in [-0.1, -0.05) is 15.9 Å². The average Bonchev–Trinajstić information content (AvgIpc) is 2.29. The minimum absolute atomic E-state index is 0.185. The van der Waals surface area contributed by atoms with Crippen molar-refractivity contribution in [2.75, 3.05) is 6.61 Å². The number of hydrogen-bond donors (Lipinski definition) is 0. The molecule has 1 heterocycles. The van der Waals surface area contributed by atoms with Crippen molar-refractivity contribution in [3.05, 3.63) is 27.5 Å². The number of esters is 1. The molecule has 0 amide bonds. The number of aromatic nitrogens is 1. The Kier molecular flexibility index (Phi) is 6.14. The summed E-state index contributed by atoms with van der Waals surface area (Å²) in [5.74, 6) is -0.528. The Hall–Kier alpha value is -0.560. The molecule has 18 heavy (non-hydrogen) atoms. The number of ether oxygens (including phenoxy) is 1. The van der Waals surface area contributed by atoms with E-state index in [1.807, 2.05) is 0 Å². The number of halogens is 4. The van der Waals surface area contributed by atoms with Gasteiger partial charge in [0.25, 0.3) is 6.43 Å². The van der Waals surface area contributed by atoms with Gasteiger partial charge in [-0.15, -0.1) is 0 Å². The lowest BCUT2D eigenvalue weighted by Gasteiger charge is -2.13. The molecule has 0 fully saturated rings. The number of nitrogens with zero attached hydrogens (tertiary/aromatic N) is 1. The Balaban J connectivity index is 3.19. The summed E-state index contributed by atoms with van der Waals surface area (Å²) in [4.78, 5) is 15.3. The molecule has 0 spiro atoms. The molecule has 7 heteroatoms. The first-order valence-electron chi connectivity index (χ1n) is 5.17. The maximum atomic E-state index is 12.9. The van der Waals surface area contributed by atoms with Gasteiger partial charge in [-0.3, -0.25) is 4.79 Å². The fourth-order valence-electron chi connectivity index (χ4n) is 1.47. The van der Waals surface area contributed by atoms with E-state index in [4.69, 9.17) is 4.74 Å². The van der Waals surface area contributed by atoms with Gasteiger partial charge in [0, 0.05) is 17.1 Å². The van der Waals surface area contributed by atoms with Crippen molar-refractivity contribution in [1.29, 1.82) is 0 Å². The average molecular weight is 387 g/mol. The minimum Gasteiger partial charge on any atom is -0.466 e. The third-order valence-corrected chi connectivity index (χ3v) is 3.52. The Morgan fingerprint density at radius 3 is 2.67 bits per heavy atom. The highest BCUT2D eigenvalue weighted by Crippen LogP contribution is 2.30. The third kappa shape index (κ3) is 3.71. The predicted molar refractivity (Wildman–Crippen MR) is 69.9 cm³/mol. The van der Waals surface area contributed by atoms with E-state index in [1.54, 1.807) is 6.92 Å². The lowest BCUT2D eigenvalue weighted by atomic mass is 10.0. The standard InChI is InChI=1S/C11H11Br2F2NO2/c1-2-18-9(17)3-6-7(4-12)10(13)16-5-8(6)11(14)15/h5,11H,2-4H2,1H3. The van der Waals surface area contributed by atoms with Crippen LogP contribution < -0.4 is 0 Å². The second-order valence-corrected chi connectivity index (χ2v) is 4.69. The van der Waals surface area contributed by atoms with E-state index < -0.39 is 12.4 Å². The maximum Gasteiger partial charge on any atom is 0.310 e. The molecule has 0 aliphatic heterocycles. The molecule has 1 rings (SSSR count). The number of carbonyl (C=O) groups excluding carboxylic acids is 1. The quantitative estimate of drug-likeness (QED) is 0.439. The molecule has 3 nitrogen and oxygen atoms in total. The summed E-state index contributed by atoms with van der Waals surface area (Å²) in [6.45, 7) is 1.89. The van der Waals surface area contributed by atoms with Crippen LogP contribution in [0.2, 0.25) is 0 Å². The molecule has 0 saturated heterocycles. The van der Waals surface area contributed by atoms with E-state index >= 15 is 0 Å². The molecule has 0 aliphatic rings. The number of rotatable bonds is 5. The van der Waals surface area contributed by atoms with Gasteiger partial charge in [0.05, 0.1) is 13.0 Å². The second kappa shape index (κ2) is 7.13. The van der Waals surface area contributed by atoms with E-state index in [0.29, 0.717) is 15.5 Å². The highest BCUT2D eigenvalue weighted by molar-refractivity contribution is 9.10. The van der Waals surface area contributed by atoms with Gasteiger partial charge in [0.2, 0.25) is 0 Å². The summed E-state index contributed by atoms with van der Waals surface area (Å²) in [6, 6.07) is 0. The molecule has 0 atom stereocenters. The van der Waals surface area contributed by atoms with Crippen molar-refractivity contribution in [3.63, 3.8) is 0 Å². The Labute approximate surface area is 120 Å². The van der Waals surface area contributed by atoms with E-state index in [-0.39, 0.29) is 24.2 Å². The summed E-state index contributed by atoms with van der Waals surface area (Å²) in [5, 5.41) is 0.329.